The van der Waals surface area contributed by atoms with Crippen molar-refractivity contribution >= 4 is 11.9 Å². The third-order valence-corrected chi connectivity index (χ3v) is 1.81. The van der Waals surface area contributed by atoms with E-state index in [1.807, 2.05) is 6.92 Å². The Balaban J connectivity index is 3.95. The van der Waals surface area contributed by atoms with Crippen molar-refractivity contribution in [2.75, 3.05) is 6.54 Å². The molecule has 0 saturated heterocycles. The molecule has 0 unspecified atom stereocenters. The first kappa shape index (κ1) is 12.9. The third-order valence-electron chi connectivity index (χ3n) is 1.81. The number of nitrogens with one attached hydrogen (secondary N) is 1. The van der Waals surface area contributed by atoms with Crippen molar-refractivity contribution in [2.45, 2.75) is 38.6 Å². The molecule has 0 aliphatic heterocycles. The zero-order chi connectivity index (χ0) is 11.0. The fourth-order valence-corrected chi connectivity index (χ4v) is 1.07. The van der Waals surface area contributed by atoms with E-state index in [1.54, 1.807) is 0 Å². The molecule has 0 aliphatic carbocycles. The van der Waals surface area contributed by atoms with E-state index in [9.17, 15) is 9.59 Å². The number of nitrogens with two attached hydrogens (primary N) is 1. The van der Waals surface area contributed by atoms with Crippen LogP contribution in [0.1, 0.15) is 32.6 Å². The SMILES string of the molecule is CCCC(=O)N[C@@H](CCCN)C(=O)O. The lowest BCUT2D eigenvalue weighted by Crippen LogP contribution is -2.40. The fourth-order valence-electron chi connectivity index (χ4n) is 1.07. The lowest BCUT2D eigenvalue weighted by atomic mass is 10.1. The molecule has 0 aromatic heterocycles. The van der Waals surface area contributed by atoms with E-state index in [-0.39, 0.29) is 5.91 Å². The maximum Gasteiger partial charge on any atom is 0.326 e. The van der Waals surface area contributed by atoms with E-state index in [2.05, 4.69) is 5.32 Å². The van der Waals surface area contributed by atoms with E-state index in [1.165, 1.54) is 0 Å². The van der Waals surface area contributed by atoms with Crippen LogP contribution in [-0.4, -0.2) is 29.6 Å². The fraction of sp³-hybridized carbons (Fsp3) is 0.778. The van der Waals surface area contributed by atoms with Crippen LogP contribution in [0.2, 0.25) is 0 Å². The van der Waals surface area contributed by atoms with Crippen molar-refractivity contribution in [2.24, 2.45) is 5.73 Å². The summed E-state index contributed by atoms with van der Waals surface area (Å²) in [6, 6.07) is -0.794. The molecule has 14 heavy (non-hydrogen) atoms. The number of amides is 1. The predicted octanol–water partition coefficient (Wildman–Crippen LogP) is 0.0948. The highest BCUT2D eigenvalue weighted by molar-refractivity contribution is 5.83. The van der Waals surface area contributed by atoms with E-state index >= 15 is 0 Å². The normalized spacial score (nSPS) is 12.1. The average molecular weight is 202 g/mol. The number of carboxylic acid groups (broad SMARTS) is 1. The minimum atomic E-state index is -0.997. The Morgan fingerprint density at radius 1 is 1.50 bits per heavy atom. The van der Waals surface area contributed by atoms with Gasteiger partial charge in [0.05, 0.1) is 0 Å². The summed E-state index contributed by atoms with van der Waals surface area (Å²) >= 11 is 0. The van der Waals surface area contributed by atoms with Gasteiger partial charge in [-0.25, -0.2) is 4.79 Å². The van der Waals surface area contributed by atoms with E-state index in [0.717, 1.165) is 6.42 Å². The van der Waals surface area contributed by atoms with Crippen molar-refractivity contribution in [3.05, 3.63) is 0 Å². The van der Waals surface area contributed by atoms with Gasteiger partial charge in [-0.1, -0.05) is 6.92 Å². The standard InChI is InChI=1S/C9H18N2O3/c1-2-4-8(12)11-7(9(13)14)5-3-6-10/h7H,2-6,10H2,1H3,(H,11,12)(H,13,14)/t7-/m0/s1. The highest BCUT2D eigenvalue weighted by Gasteiger charge is 2.18. The Hall–Kier alpha value is -1.10. The second-order valence-electron chi connectivity index (χ2n) is 3.14. The zero-order valence-electron chi connectivity index (χ0n) is 8.45. The van der Waals surface area contributed by atoms with Crippen LogP contribution in [0.4, 0.5) is 0 Å². The Morgan fingerprint density at radius 2 is 2.14 bits per heavy atom. The zero-order valence-corrected chi connectivity index (χ0v) is 8.45. The molecule has 0 aromatic carbocycles. The highest BCUT2D eigenvalue weighted by Crippen LogP contribution is 1.98. The quantitative estimate of drug-likeness (QED) is 0.545. The number of carboxylic acids is 1. The number of hydrogen-bond acceptors (Lipinski definition) is 3. The predicted molar refractivity (Wildman–Crippen MR) is 52.8 cm³/mol. The molecule has 0 spiro atoms. The second kappa shape index (κ2) is 7.32. The molecule has 0 rings (SSSR count). The van der Waals surface area contributed by atoms with Crippen LogP contribution in [-0.2, 0) is 9.59 Å². The second-order valence-corrected chi connectivity index (χ2v) is 3.14. The lowest BCUT2D eigenvalue weighted by Gasteiger charge is -2.13. The Bertz CT molecular complexity index is 194. The third kappa shape index (κ3) is 5.53. The van der Waals surface area contributed by atoms with Gasteiger partial charge in [0.25, 0.3) is 0 Å². The van der Waals surface area contributed by atoms with Crippen LogP contribution in [0.3, 0.4) is 0 Å². The summed E-state index contributed by atoms with van der Waals surface area (Å²) < 4.78 is 0. The van der Waals surface area contributed by atoms with Crippen LogP contribution < -0.4 is 11.1 Å². The molecule has 0 radical (unpaired) electrons. The van der Waals surface area contributed by atoms with Crippen molar-refractivity contribution in [3.8, 4) is 0 Å². The summed E-state index contributed by atoms with van der Waals surface area (Å²) in [6.07, 6.45) is 2.08. The first-order valence-electron chi connectivity index (χ1n) is 4.84. The average Bonchev–Trinajstić information content (AvgIpc) is 2.12. The van der Waals surface area contributed by atoms with Gasteiger partial charge in [-0.3, -0.25) is 4.79 Å². The summed E-state index contributed by atoms with van der Waals surface area (Å²) in [7, 11) is 0. The van der Waals surface area contributed by atoms with Gasteiger partial charge in [-0.15, -0.1) is 0 Å². The molecule has 0 saturated carbocycles. The minimum Gasteiger partial charge on any atom is -0.480 e. The van der Waals surface area contributed by atoms with E-state index in [4.69, 9.17) is 10.8 Å². The van der Waals surface area contributed by atoms with Gasteiger partial charge in [0.15, 0.2) is 0 Å². The van der Waals surface area contributed by atoms with E-state index in [0.29, 0.717) is 25.8 Å². The molecule has 1 atom stereocenters. The molecule has 0 aliphatic rings. The number of hydrogen-bond donors (Lipinski definition) is 3. The van der Waals surface area contributed by atoms with Gasteiger partial charge in [-0.2, -0.15) is 0 Å². The van der Waals surface area contributed by atoms with Crippen molar-refractivity contribution < 1.29 is 14.7 Å². The molecular formula is C9H18N2O3. The van der Waals surface area contributed by atoms with Crippen molar-refractivity contribution in [1.29, 1.82) is 0 Å². The van der Waals surface area contributed by atoms with Gasteiger partial charge >= 0.3 is 5.97 Å². The van der Waals surface area contributed by atoms with Crippen molar-refractivity contribution in [1.82, 2.24) is 5.32 Å². The summed E-state index contributed by atoms with van der Waals surface area (Å²) in [4.78, 5) is 21.8. The highest BCUT2D eigenvalue weighted by atomic mass is 16.4. The lowest BCUT2D eigenvalue weighted by molar-refractivity contribution is -0.142. The molecule has 82 valence electrons. The summed E-state index contributed by atoms with van der Waals surface area (Å²) in [6.45, 7) is 2.31. The molecule has 0 bridgehead atoms. The van der Waals surface area contributed by atoms with Gasteiger partial charge in [-0.05, 0) is 25.8 Å². The smallest absolute Gasteiger partial charge is 0.326 e. The number of rotatable bonds is 7. The maximum absolute atomic E-state index is 11.1. The number of carbonyl (C=O) groups excluding carboxylic acids is 1. The molecule has 0 fully saturated rings. The Labute approximate surface area is 83.7 Å². The topological polar surface area (TPSA) is 92.4 Å². The van der Waals surface area contributed by atoms with Crippen LogP contribution in [0, 0.1) is 0 Å². The van der Waals surface area contributed by atoms with Gasteiger partial charge < -0.3 is 16.2 Å². The number of carbonyl (C=O) groups is 2. The van der Waals surface area contributed by atoms with E-state index < -0.39 is 12.0 Å². The maximum atomic E-state index is 11.1. The van der Waals surface area contributed by atoms with Crippen molar-refractivity contribution in [3.63, 3.8) is 0 Å². The minimum absolute atomic E-state index is 0.211. The first-order chi connectivity index (χ1) is 6.61. The molecular weight excluding hydrogens is 184 g/mol. The van der Waals surface area contributed by atoms with Crippen LogP contribution in [0.25, 0.3) is 0 Å². The Kier molecular flexibility index (Phi) is 6.74. The molecule has 5 nitrogen and oxygen atoms in total. The molecule has 0 heterocycles. The number of aliphatic carboxylic acids is 1. The summed E-state index contributed by atoms with van der Waals surface area (Å²) in [5.41, 5.74) is 5.26. The molecule has 0 aromatic rings. The summed E-state index contributed by atoms with van der Waals surface area (Å²) in [5.74, 6) is -1.21. The summed E-state index contributed by atoms with van der Waals surface area (Å²) in [5, 5.41) is 11.2. The van der Waals surface area contributed by atoms with Gasteiger partial charge in [0.2, 0.25) is 5.91 Å². The van der Waals surface area contributed by atoms with Crippen LogP contribution in [0.5, 0.6) is 0 Å². The first-order valence-corrected chi connectivity index (χ1v) is 4.84. The monoisotopic (exact) mass is 202 g/mol. The Morgan fingerprint density at radius 3 is 2.57 bits per heavy atom. The largest absolute Gasteiger partial charge is 0.480 e. The molecule has 5 heteroatoms. The van der Waals surface area contributed by atoms with Gasteiger partial charge in [0.1, 0.15) is 6.04 Å². The molecule has 4 N–H and O–H groups in total. The molecule has 1 amide bonds. The van der Waals surface area contributed by atoms with Gasteiger partial charge in [0, 0.05) is 6.42 Å². The van der Waals surface area contributed by atoms with Crippen LogP contribution >= 0.6 is 0 Å². The van der Waals surface area contributed by atoms with Crippen LogP contribution in [0.15, 0.2) is 0 Å².